The number of carbonyl (C=O) groups is 1. The van der Waals surface area contributed by atoms with Gasteiger partial charge in [0.2, 0.25) is 0 Å². The summed E-state index contributed by atoms with van der Waals surface area (Å²) in [5.74, 6) is 0.994. The Balaban J connectivity index is 1.73. The Hall–Kier alpha value is -1.98. The quantitative estimate of drug-likeness (QED) is 0.797. The number of ether oxygens (including phenoxy) is 1. The summed E-state index contributed by atoms with van der Waals surface area (Å²) in [6.45, 7) is 8.73. The van der Waals surface area contributed by atoms with E-state index < -0.39 is 5.60 Å². The van der Waals surface area contributed by atoms with E-state index in [0.29, 0.717) is 13.1 Å². The zero-order valence-electron chi connectivity index (χ0n) is 13.5. The van der Waals surface area contributed by atoms with Crippen LogP contribution in [0.4, 0.5) is 16.3 Å². The van der Waals surface area contributed by atoms with E-state index in [9.17, 15) is 4.79 Å². The fourth-order valence-electron chi connectivity index (χ4n) is 3.01. The first-order chi connectivity index (χ1) is 10.4. The Morgan fingerprint density at radius 3 is 3.00 bits per heavy atom. The molecule has 120 valence electrons. The second-order valence-electron chi connectivity index (χ2n) is 6.86. The van der Waals surface area contributed by atoms with Gasteiger partial charge in [-0.05, 0) is 39.3 Å². The number of amides is 1. The molecule has 3 rings (SSSR count). The lowest BCUT2D eigenvalue weighted by molar-refractivity contribution is 0.0213. The van der Waals surface area contributed by atoms with Gasteiger partial charge in [0.15, 0.2) is 5.82 Å². The molecule has 6 nitrogen and oxygen atoms in total. The molecule has 0 bridgehead atoms. The van der Waals surface area contributed by atoms with E-state index >= 15 is 0 Å². The third-order valence-electron chi connectivity index (χ3n) is 3.99. The van der Waals surface area contributed by atoms with Crippen LogP contribution in [-0.2, 0) is 4.74 Å². The number of aromatic nitrogens is 1. The fourth-order valence-corrected chi connectivity index (χ4v) is 3.01. The van der Waals surface area contributed by atoms with Crippen LogP contribution in [0.1, 0.15) is 27.2 Å². The van der Waals surface area contributed by atoms with Crippen LogP contribution in [0.5, 0.6) is 0 Å². The molecule has 0 aliphatic carbocycles. The summed E-state index contributed by atoms with van der Waals surface area (Å²) >= 11 is 0. The minimum atomic E-state index is -0.451. The van der Waals surface area contributed by atoms with Crippen LogP contribution >= 0.6 is 0 Å². The highest BCUT2D eigenvalue weighted by atomic mass is 16.6. The molecular formula is C16H24N4O2. The topological polar surface area (TPSA) is 57.7 Å². The van der Waals surface area contributed by atoms with Crippen LogP contribution in [0, 0.1) is 0 Å². The van der Waals surface area contributed by atoms with Crippen molar-refractivity contribution in [1.29, 1.82) is 0 Å². The van der Waals surface area contributed by atoms with Crippen LogP contribution in [-0.4, -0.2) is 53.8 Å². The van der Waals surface area contributed by atoms with Gasteiger partial charge in [0, 0.05) is 38.4 Å². The first-order valence-electron chi connectivity index (χ1n) is 7.87. The summed E-state index contributed by atoms with van der Waals surface area (Å²) in [6, 6.07) is 4.29. The van der Waals surface area contributed by atoms with Gasteiger partial charge in [-0.1, -0.05) is 0 Å². The SMILES string of the molecule is CC(C)(C)OC(=O)N1CCN2c3ncccc3NCCC2C1. The number of hydrogen-bond donors (Lipinski definition) is 1. The molecule has 1 fully saturated rings. The van der Waals surface area contributed by atoms with E-state index in [1.54, 1.807) is 0 Å². The number of piperazine rings is 1. The summed E-state index contributed by atoms with van der Waals surface area (Å²) in [5, 5.41) is 3.42. The number of rotatable bonds is 0. The molecule has 1 amide bonds. The molecule has 1 saturated heterocycles. The molecular weight excluding hydrogens is 280 g/mol. The Morgan fingerprint density at radius 2 is 2.23 bits per heavy atom. The standard InChI is InChI=1S/C16H24N4O2/c1-16(2,3)22-15(21)19-9-10-20-12(11-19)6-8-17-13-5-4-7-18-14(13)20/h4-5,7,12,17H,6,8-11H2,1-3H3. The molecule has 2 aliphatic heterocycles. The Labute approximate surface area is 131 Å². The highest BCUT2D eigenvalue weighted by Gasteiger charge is 2.34. The van der Waals surface area contributed by atoms with Crippen molar-refractivity contribution < 1.29 is 9.53 Å². The Bertz CT molecular complexity index is 555. The van der Waals surface area contributed by atoms with Crippen molar-refractivity contribution in [1.82, 2.24) is 9.88 Å². The van der Waals surface area contributed by atoms with Gasteiger partial charge in [-0.2, -0.15) is 0 Å². The normalized spacial score (nSPS) is 21.3. The van der Waals surface area contributed by atoms with Crippen molar-refractivity contribution >= 4 is 17.6 Å². The summed E-state index contributed by atoms with van der Waals surface area (Å²) in [5.41, 5.74) is 0.628. The zero-order valence-corrected chi connectivity index (χ0v) is 13.5. The van der Waals surface area contributed by atoms with Crippen molar-refractivity contribution in [2.24, 2.45) is 0 Å². The van der Waals surface area contributed by atoms with Crippen molar-refractivity contribution in [3.05, 3.63) is 18.3 Å². The van der Waals surface area contributed by atoms with Gasteiger partial charge >= 0.3 is 6.09 Å². The summed E-state index contributed by atoms with van der Waals surface area (Å²) in [6.07, 6.45) is 2.59. The molecule has 0 saturated carbocycles. The Kier molecular flexibility index (Phi) is 3.85. The van der Waals surface area contributed by atoms with E-state index in [4.69, 9.17) is 4.74 Å². The maximum atomic E-state index is 12.3. The van der Waals surface area contributed by atoms with Crippen LogP contribution in [0.3, 0.4) is 0 Å². The summed E-state index contributed by atoms with van der Waals surface area (Å²) in [7, 11) is 0. The van der Waals surface area contributed by atoms with Gasteiger partial charge in [-0.15, -0.1) is 0 Å². The smallest absolute Gasteiger partial charge is 0.410 e. The number of nitrogens with one attached hydrogen (secondary N) is 1. The minimum Gasteiger partial charge on any atom is -0.444 e. The molecule has 3 heterocycles. The van der Waals surface area contributed by atoms with Gasteiger partial charge in [-0.3, -0.25) is 0 Å². The molecule has 1 aromatic rings. The second-order valence-corrected chi connectivity index (χ2v) is 6.86. The Morgan fingerprint density at radius 1 is 1.41 bits per heavy atom. The van der Waals surface area contributed by atoms with Crippen molar-refractivity contribution in [2.45, 2.75) is 38.8 Å². The van der Waals surface area contributed by atoms with Crippen LogP contribution in [0.25, 0.3) is 0 Å². The number of carbonyl (C=O) groups excluding carboxylic acids is 1. The highest BCUT2D eigenvalue weighted by Crippen LogP contribution is 2.30. The molecule has 1 aromatic heterocycles. The summed E-state index contributed by atoms with van der Waals surface area (Å²) in [4.78, 5) is 20.9. The van der Waals surface area contributed by atoms with E-state index in [2.05, 4.69) is 21.3 Å². The molecule has 1 unspecified atom stereocenters. The predicted octanol–water partition coefficient (Wildman–Crippen LogP) is 2.32. The van der Waals surface area contributed by atoms with Gasteiger partial charge in [0.1, 0.15) is 5.60 Å². The van der Waals surface area contributed by atoms with E-state index in [0.717, 1.165) is 31.0 Å². The maximum Gasteiger partial charge on any atom is 0.410 e. The van der Waals surface area contributed by atoms with Crippen molar-refractivity contribution in [3.8, 4) is 0 Å². The van der Waals surface area contributed by atoms with Gasteiger partial charge < -0.3 is 19.9 Å². The van der Waals surface area contributed by atoms with Crippen molar-refractivity contribution in [2.75, 3.05) is 36.4 Å². The molecule has 6 heteroatoms. The van der Waals surface area contributed by atoms with E-state index in [1.165, 1.54) is 0 Å². The lowest BCUT2D eigenvalue weighted by atomic mass is 10.1. The lowest BCUT2D eigenvalue weighted by Gasteiger charge is -2.41. The molecule has 0 spiro atoms. The zero-order chi connectivity index (χ0) is 15.7. The largest absolute Gasteiger partial charge is 0.444 e. The predicted molar refractivity (Wildman–Crippen MR) is 86.3 cm³/mol. The summed E-state index contributed by atoms with van der Waals surface area (Å²) < 4.78 is 5.49. The first kappa shape index (κ1) is 14.9. The average Bonchev–Trinajstić information content (AvgIpc) is 2.64. The van der Waals surface area contributed by atoms with Crippen molar-refractivity contribution in [3.63, 3.8) is 0 Å². The van der Waals surface area contributed by atoms with E-state index in [-0.39, 0.29) is 12.1 Å². The fraction of sp³-hybridized carbons (Fsp3) is 0.625. The molecule has 1 atom stereocenters. The third-order valence-corrected chi connectivity index (χ3v) is 3.99. The molecule has 22 heavy (non-hydrogen) atoms. The van der Waals surface area contributed by atoms with Gasteiger partial charge in [0.05, 0.1) is 5.69 Å². The monoisotopic (exact) mass is 304 g/mol. The average molecular weight is 304 g/mol. The number of fused-ring (bicyclic) bond motifs is 3. The third kappa shape index (κ3) is 3.10. The maximum absolute atomic E-state index is 12.3. The second kappa shape index (κ2) is 5.66. The van der Waals surface area contributed by atoms with Gasteiger partial charge in [-0.25, -0.2) is 9.78 Å². The number of nitrogens with zero attached hydrogens (tertiary/aromatic N) is 3. The molecule has 0 aromatic carbocycles. The van der Waals surface area contributed by atoms with E-state index in [1.807, 2.05) is 37.9 Å². The lowest BCUT2D eigenvalue weighted by Crippen LogP contribution is -2.55. The number of anilines is 2. The molecule has 2 aliphatic rings. The molecule has 1 N–H and O–H groups in total. The number of hydrogen-bond acceptors (Lipinski definition) is 5. The van der Waals surface area contributed by atoms with Crippen LogP contribution in [0.15, 0.2) is 18.3 Å². The van der Waals surface area contributed by atoms with Gasteiger partial charge in [0.25, 0.3) is 0 Å². The van der Waals surface area contributed by atoms with Crippen LogP contribution < -0.4 is 10.2 Å². The highest BCUT2D eigenvalue weighted by molar-refractivity contribution is 5.70. The van der Waals surface area contributed by atoms with Crippen LogP contribution in [0.2, 0.25) is 0 Å². The molecule has 0 radical (unpaired) electrons. The number of pyridine rings is 1. The first-order valence-corrected chi connectivity index (χ1v) is 7.87. The minimum absolute atomic E-state index is 0.217.